The Morgan fingerprint density at radius 3 is 2.80 bits per heavy atom. The van der Waals surface area contributed by atoms with Gasteiger partial charge in [-0.15, -0.1) is 0 Å². The maximum absolute atomic E-state index is 5.42. The summed E-state index contributed by atoms with van der Waals surface area (Å²) >= 11 is 0. The Morgan fingerprint density at radius 1 is 1.33 bits per heavy atom. The van der Waals surface area contributed by atoms with Gasteiger partial charge in [-0.1, -0.05) is 19.1 Å². The van der Waals surface area contributed by atoms with Crippen LogP contribution < -0.4 is 5.32 Å². The highest BCUT2D eigenvalue weighted by atomic mass is 16.5. The second-order valence-electron chi connectivity index (χ2n) is 5.29. The van der Waals surface area contributed by atoms with Gasteiger partial charge < -0.3 is 10.1 Å². The van der Waals surface area contributed by atoms with Gasteiger partial charge in [-0.3, -0.25) is 0 Å². The molecule has 1 fully saturated rings. The number of hydrogen-bond donors (Lipinski definition) is 1. The van der Waals surface area contributed by atoms with Gasteiger partial charge in [0.15, 0.2) is 0 Å². The Morgan fingerprint density at radius 2 is 2.13 bits per heavy atom. The van der Waals surface area contributed by atoms with E-state index in [9.17, 15) is 0 Å². The van der Waals surface area contributed by atoms with Gasteiger partial charge in [0.2, 0.25) is 0 Å². The molecule has 2 heteroatoms. The van der Waals surface area contributed by atoms with Gasteiger partial charge in [0.1, 0.15) is 0 Å². The average Bonchev–Trinajstić information content (AvgIpc) is 2.29. The highest BCUT2D eigenvalue weighted by Crippen LogP contribution is 2.29. The van der Waals surface area contributed by atoms with Gasteiger partial charge in [0.25, 0.3) is 0 Å². The van der Waals surface area contributed by atoms with Crippen LogP contribution in [0.4, 0.5) is 0 Å². The van der Waals surface area contributed by atoms with Gasteiger partial charge in [-0.25, -0.2) is 0 Å². The number of rotatable bonds is 3. The quantitative estimate of drug-likeness (QED) is 0.721. The van der Waals surface area contributed by atoms with E-state index in [1.807, 2.05) is 0 Å². The second kappa shape index (κ2) is 5.13. The summed E-state index contributed by atoms with van der Waals surface area (Å²) in [7, 11) is 0. The lowest BCUT2D eigenvalue weighted by Gasteiger charge is -2.35. The Kier molecular flexibility index (Phi) is 3.81. The summed E-state index contributed by atoms with van der Waals surface area (Å²) in [6.45, 7) is 5.45. The normalized spacial score (nSPS) is 30.3. The molecule has 1 heterocycles. The molecular weight excluding hydrogens is 186 g/mol. The molecule has 2 rings (SSSR count). The van der Waals surface area contributed by atoms with Crippen LogP contribution in [0.3, 0.4) is 0 Å². The molecule has 2 aliphatic rings. The minimum atomic E-state index is 0.472. The molecule has 1 unspecified atom stereocenters. The van der Waals surface area contributed by atoms with Crippen LogP contribution in [0.25, 0.3) is 0 Å². The third-order valence-corrected chi connectivity index (χ3v) is 3.79. The van der Waals surface area contributed by atoms with Crippen molar-refractivity contribution >= 4 is 0 Å². The largest absolute Gasteiger partial charge is 0.381 e. The van der Waals surface area contributed by atoms with Crippen molar-refractivity contribution in [3.8, 4) is 0 Å². The van der Waals surface area contributed by atoms with Crippen LogP contribution in [-0.4, -0.2) is 25.8 Å². The molecule has 0 spiro atoms. The first-order valence-corrected chi connectivity index (χ1v) is 6.25. The lowest BCUT2D eigenvalue weighted by atomic mass is 9.82. The van der Waals surface area contributed by atoms with Crippen LogP contribution in [0.15, 0.2) is 12.2 Å². The summed E-state index contributed by atoms with van der Waals surface area (Å²) in [6, 6.07) is 0.717. The van der Waals surface area contributed by atoms with Crippen LogP contribution in [0.1, 0.15) is 39.0 Å². The summed E-state index contributed by atoms with van der Waals surface area (Å²) in [5, 5.41) is 3.73. The summed E-state index contributed by atoms with van der Waals surface area (Å²) in [6.07, 6.45) is 10.8. The molecule has 1 saturated heterocycles. The molecule has 0 aromatic rings. The molecule has 0 amide bonds. The third kappa shape index (κ3) is 3.32. The molecule has 0 saturated carbocycles. The van der Waals surface area contributed by atoms with Crippen LogP contribution in [0.2, 0.25) is 0 Å². The molecule has 0 bridgehead atoms. The monoisotopic (exact) mass is 209 g/mol. The summed E-state index contributed by atoms with van der Waals surface area (Å²) < 4.78 is 5.42. The molecular formula is C13H23NO. The van der Waals surface area contributed by atoms with Crippen LogP contribution in [-0.2, 0) is 4.74 Å². The molecule has 0 radical (unpaired) electrons. The highest BCUT2D eigenvalue weighted by molar-refractivity contribution is 4.93. The molecule has 86 valence electrons. The lowest BCUT2D eigenvalue weighted by Crippen LogP contribution is -2.41. The minimum absolute atomic E-state index is 0.472. The Bertz CT molecular complexity index is 219. The number of nitrogens with one attached hydrogen (secondary N) is 1. The predicted octanol–water partition coefficient (Wildman–Crippen LogP) is 2.50. The van der Waals surface area contributed by atoms with E-state index < -0.39 is 0 Å². The number of allylic oxidation sites excluding steroid dienone is 1. The molecule has 1 aliphatic carbocycles. The topological polar surface area (TPSA) is 21.3 Å². The van der Waals surface area contributed by atoms with Gasteiger partial charge in [0, 0.05) is 25.8 Å². The number of ether oxygens (including phenoxy) is 1. The standard InChI is InChI=1S/C13H23NO/c1-13(7-9-15-10-8-13)11-14-12-5-3-2-4-6-12/h2-3,12,14H,4-11H2,1H3. The van der Waals surface area contributed by atoms with Crippen LogP contribution >= 0.6 is 0 Å². The van der Waals surface area contributed by atoms with Crippen molar-refractivity contribution in [3.05, 3.63) is 12.2 Å². The van der Waals surface area contributed by atoms with Crippen molar-refractivity contribution < 1.29 is 4.74 Å². The fraction of sp³-hybridized carbons (Fsp3) is 0.846. The van der Waals surface area contributed by atoms with E-state index in [4.69, 9.17) is 4.74 Å². The van der Waals surface area contributed by atoms with E-state index >= 15 is 0 Å². The van der Waals surface area contributed by atoms with Gasteiger partial charge in [-0.2, -0.15) is 0 Å². The SMILES string of the molecule is CC1(CNC2CC=CCC2)CCOCC1. The smallest absolute Gasteiger partial charge is 0.0471 e. The molecule has 0 aromatic carbocycles. The molecule has 1 aliphatic heterocycles. The van der Waals surface area contributed by atoms with Crippen molar-refractivity contribution in [1.82, 2.24) is 5.32 Å². The first-order valence-electron chi connectivity index (χ1n) is 6.25. The zero-order chi connectivity index (χ0) is 10.6. The molecule has 2 nitrogen and oxygen atoms in total. The lowest BCUT2D eigenvalue weighted by molar-refractivity contribution is 0.0227. The van der Waals surface area contributed by atoms with E-state index in [1.165, 1.54) is 32.1 Å². The van der Waals surface area contributed by atoms with Gasteiger partial charge >= 0.3 is 0 Å². The van der Waals surface area contributed by atoms with Crippen molar-refractivity contribution in [2.45, 2.75) is 45.1 Å². The second-order valence-corrected chi connectivity index (χ2v) is 5.29. The van der Waals surface area contributed by atoms with Crippen molar-refractivity contribution in [2.24, 2.45) is 5.41 Å². The maximum atomic E-state index is 5.42. The van der Waals surface area contributed by atoms with E-state index in [0.29, 0.717) is 5.41 Å². The van der Waals surface area contributed by atoms with Gasteiger partial charge in [0.05, 0.1) is 0 Å². The fourth-order valence-corrected chi connectivity index (χ4v) is 2.41. The molecule has 15 heavy (non-hydrogen) atoms. The first kappa shape index (κ1) is 11.2. The van der Waals surface area contributed by atoms with Crippen LogP contribution in [0.5, 0.6) is 0 Å². The Labute approximate surface area is 93.1 Å². The summed E-state index contributed by atoms with van der Waals surface area (Å²) in [4.78, 5) is 0. The summed E-state index contributed by atoms with van der Waals surface area (Å²) in [5.74, 6) is 0. The number of hydrogen-bond acceptors (Lipinski definition) is 2. The Balaban J connectivity index is 1.73. The molecule has 1 atom stereocenters. The molecule has 0 aromatic heterocycles. The van der Waals surface area contributed by atoms with E-state index in [0.717, 1.165) is 25.8 Å². The van der Waals surface area contributed by atoms with E-state index in [2.05, 4.69) is 24.4 Å². The summed E-state index contributed by atoms with van der Waals surface area (Å²) in [5.41, 5.74) is 0.472. The van der Waals surface area contributed by atoms with E-state index in [1.54, 1.807) is 0 Å². The van der Waals surface area contributed by atoms with Crippen LogP contribution in [0, 0.1) is 5.41 Å². The zero-order valence-corrected chi connectivity index (χ0v) is 9.80. The zero-order valence-electron chi connectivity index (χ0n) is 9.80. The Hall–Kier alpha value is -0.340. The van der Waals surface area contributed by atoms with Crippen molar-refractivity contribution in [3.63, 3.8) is 0 Å². The average molecular weight is 209 g/mol. The van der Waals surface area contributed by atoms with Crippen molar-refractivity contribution in [2.75, 3.05) is 19.8 Å². The highest BCUT2D eigenvalue weighted by Gasteiger charge is 2.27. The van der Waals surface area contributed by atoms with Crippen molar-refractivity contribution in [1.29, 1.82) is 0 Å². The van der Waals surface area contributed by atoms with E-state index in [-0.39, 0.29) is 0 Å². The third-order valence-electron chi connectivity index (χ3n) is 3.79. The molecule has 1 N–H and O–H groups in total. The van der Waals surface area contributed by atoms with Gasteiger partial charge in [-0.05, 0) is 37.5 Å². The predicted molar refractivity (Wildman–Crippen MR) is 62.9 cm³/mol. The maximum Gasteiger partial charge on any atom is 0.0471 e. The minimum Gasteiger partial charge on any atom is -0.381 e. The first-order chi connectivity index (χ1) is 7.29. The fourth-order valence-electron chi connectivity index (χ4n) is 2.41.